The minimum Gasteiger partial charge on any atom is -0.508 e. The average molecular weight is 383 g/mol. The Morgan fingerprint density at radius 1 is 1.14 bits per heavy atom. The number of phenolic OH excluding ortho intramolecular Hbond substituents is 1. The van der Waals surface area contributed by atoms with E-state index in [-0.39, 0.29) is 11.1 Å². The number of aromatic nitrogens is 1. The van der Waals surface area contributed by atoms with Crippen LogP contribution < -0.4 is 15.6 Å². The van der Waals surface area contributed by atoms with Crippen molar-refractivity contribution < 1.29 is 19.4 Å². The summed E-state index contributed by atoms with van der Waals surface area (Å²) in [5.41, 5.74) is -0.0268. The molecule has 0 aliphatic carbocycles. The van der Waals surface area contributed by atoms with Gasteiger partial charge in [-0.15, -0.1) is 0 Å². The number of carboxylic acid groups (broad SMARTS) is 1. The Morgan fingerprint density at radius 3 is 2.57 bits per heavy atom. The van der Waals surface area contributed by atoms with Crippen LogP contribution >= 0.6 is 0 Å². The molecule has 1 saturated heterocycles. The molecule has 1 aromatic heterocycles. The second-order valence-electron chi connectivity index (χ2n) is 6.62. The van der Waals surface area contributed by atoms with Gasteiger partial charge in [-0.25, -0.2) is 9.18 Å². The minimum atomic E-state index is -1.40. The van der Waals surface area contributed by atoms with Crippen molar-refractivity contribution >= 4 is 22.6 Å². The maximum atomic E-state index is 14.8. The zero-order valence-electron chi connectivity index (χ0n) is 14.9. The molecule has 3 aromatic rings. The molecule has 2 heterocycles. The first-order valence-electron chi connectivity index (χ1n) is 8.83. The van der Waals surface area contributed by atoms with Gasteiger partial charge in [0.1, 0.15) is 17.1 Å². The standard InChI is InChI=1S/C20H18FN3O4/c21-16-9-14-17(10-18(16)23-6-4-22-5-7-23)24(11-15(19(14)26)20(27)28)12-2-1-3-13(25)8-12/h1-3,8-11,22,25H,4-7H2,(H,27,28). The van der Waals surface area contributed by atoms with Gasteiger partial charge in [-0.05, 0) is 24.3 Å². The highest BCUT2D eigenvalue weighted by molar-refractivity contribution is 5.94. The van der Waals surface area contributed by atoms with Crippen molar-refractivity contribution in [2.75, 3.05) is 31.1 Å². The molecule has 1 aliphatic rings. The summed E-state index contributed by atoms with van der Waals surface area (Å²) in [6.07, 6.45) is 1.21. The fourth-order valence-corrected chi connectivity index (χ4v) is 3.49. The summed E-state index contributed by atoms with van der Waals surface area (Å²) in [5, 5.41) is 22.4. The highest BCUT2D eigenvalue weighted by atomic mass is 19.1. The van der Waals surface area contributed by atoms with Crippen molar-refractivity contribution in [2.45, 2.75) is 0 Å². The number of anilines is 1. The second kappa shape index (κ2) is 6.97. The number of aromatic hydroxyl groups is 1. The SMILES string of the molecule is O=C(O)c1cn(-c2cccc(O)c2)c2cc(N3CCNCC3)c(F)cc2c1=O. The van der Waals surface area contributed by atoms with Crippen LogP contribution in [0.15, 0.2) is 47.4 Å². The van der Waals surface area contributed by atoms with Crippen molar-refractivity contribution in [3.8, 4) is 11.4 Å². The third-order valence-electron chi connectivity index (χ3n) is 4.87. The lowest BCUT2D eigenvalue weighted by molar-refractivity contribution is 0.0695. The van der Waals surface area contributed by atoms with E-state index in [0.29, 0.717) is 30.0 Å². The van der Waals surface area contributed by atoms with Gasteiger partial charge in [-0.3, -0.25) is 4.79 Å². The Labute approximate surface area is 159 Å². The maximum Gasteiger partial charge on any atom is 0.341 e. The van der Waals surface area contributed by atoms with E-state index < -0.39 is 22.8 Å². The zero-order chi connectivity index (χ0) is 19.8. The summed E-state index contributed by atoms with van der Waals surface area (Å²) in [7, 11) is 0. The quantitative estimate of drug-likeness (QED) is 0.640. The number of nitrogens with zero attached hydrogens (tertiary/aromatic N) is 2. The number of pyridine rings is 1. The Hall–Kier alpha value is -3.39. The number of hydrogen-bond acceptors (Lipinski definition) is 5. The van der Waals surface area contributed by atoms with Gasteiger partial charge in [0.2, 0.25) is 5.43 Å². The molecule has 0 bridgehead atoms. The van der Waals surface area contributed by atoms with E-state index in [9.17, 15) is 24.2 Å². The topological polar surface area (TPSA) is 94.8 Å². The number of phenols is 1. The number of benzene rings is 2. The van der Waals surface area contributed by atoms with Crippen LogP contribution in [0.1, 0.15) is 10.4 Å². The molecule has 0 amide bonds. The molecule has 3 N–H and O–H groups in total. The van der Waals surface area contributed by atoms with E-state index in [1.807, 2.05) is 4.90 Å². The number of fused-ring (bicyclic) bond motifs is 1. The smallest absolute Gasteiger partial charge is 0.341 e. The van der Waals surface area contributed by atoms with Gasteiger partial charge in [0.05, 0.1) is 11.2 Å². The molecular formula is C20H18FN3O4. The van der Waals surface area contributed by atoms with Crippen LogP contribution in [0.25, 0.3) is 16.6 Å². The summed E-state index contributed by atoms with van der Waals surface area (Å²) in [5.74, 6) is -1.98. The van der Waals surface area contributed by atoms with E-state index in [0.717, 1.165) is 19.2 Å². The lowest BCUT2D eigenvalue weighted by Gasteiger charge is -2.30. The van der Waals surface area contributed by atoms with Gasteiger partial charge >= 0.3 is 5.97 Å². The Morgan fingerprint density at radius 2 is 1.89 bits per heavy atom. The molecule has 0 unspecified atom stereocenters. The largest absolute Gasteiger partial charge is 0.508 e. The highest BCUT2D eigenvalue weighted by Gasteiger charge is 2.21. The molecule has 144 valence electrons. The van der Waals surface area contributed by atoms with Gasteiger partial charge in [0.25, 0.3) is 0 Å². The summed E-state index contributed by atoms with van der Waals surface area (Å²) >= 11 is 0. The highest BCUT2D eigenvalue weighted by Crippen LogP contribution is 2.28. The predicted molar refractivity (Wildman–Crippen MR) is 103 cm³/mol. The van der Waals surface area contributed by atoms with E-state index in [4.69, 9.17) is 0 Å². The van der Waals surface area contributed by atoms with Crippen LogP contribution in [0.3, 0.4) is 0 Å². The summed E-state index contributed by atoms with van der Waals surface area (Å²) in [4.78, 5) is 26.1. The molecule has 1 fully saturated rings. The fraction of sp³-hybridized carbons (Fsp3) is 0.200. The van der Waals surface area contributed by atoms with Gasteiger partial charge in [-0.1, -0.05) is 6.07 Å². The normalized spacial score (nSPS) is 14.4. The first-order chi connectivity index (χ1) is 13.5. The van der Waals surface area contributed by atoms with E-state index in [1.54, 1.807) is 18.2 Å². The molecule has 8 heteroatoms. The van der Waals surface area contributed by atoms with Gasteiger partial charge < -0.3 is 25.0 Å². The maximum absolute atomic E-state index is 14.8. The number of nitrogens with one attached hydrogen (secondary N) is 1. The lowest BCUT2D eigenvalue weighted by atomic mass is 10.1. The molecule has 1 aliphatic heterocycles. The fourth-order valence-electron chi connectivity index (χ4n) is 3.49. The molecular weight excluding hydrogens is 365 g/mol. The molecule has 0 radical (unpaired) electrons. The molecule has 0 atom stereocenters. The summed E-state index contributed by atoms with van der Waals surface area (Å²) in [6, 6.07) is 8.87. The van der Waals surface area contributed by atoms with Gasteiger partial charge in [0.15, 0.2) is 0 Å². The van der Waals surface area contributed by atoms with E-state index in [1.165, 1.54) is 22.9 Å². The predicted octanol–water partition coefficient (Wildman–Crippen LogP) is 1.94. The zero-order valence-corrected chi connectivity index (χ0v) is 14.9. The molecule has 7 nitrogen and oxygen atoms in total. The van der Waals surface area contributed by atoms with Crippen molar-refractivity contribution in [3.63, 3.8) is 0 Å². The molecule has 0 saturated carbocycles. The number of halogens is 1. The Kier molecular flexibility index (Phi) is 4.48. The molecule has 28 heavy (non-hydrogen) atoms. The van der Waals surface area contributed by atoms with Crippen LogP contribution in [-0.4, -0.2) is 46.9 Å². The lowest BCUT2D eigenvalue weighted by Crippen LogP contribution is -2.43. The first-order valence-corrected chi connectivity index (χ1v) is 8.83. The number of piperazine rings is 1. The van der Waals surface area contributed by atoms with Crippen LogP contribution in [0.4, 0.5) is 10.1 Å². The third-order valence-corrected chi connectivity index (χ3v) is 4.87. The molecule has 4 rings (SSSR count). The van der Waals surface area contributed by atoms with Crippen molar-refractivity contribution in [1.29, 1.82) is 0 Å². The number of hydrogen-bond donors (Lipinski definition) is 3. The van der Waals surface area contributed by atoms with Crippen LogP contribution in [0.5, 0.6) is 5.75 Å². The van der Waals surface area contributed by atoms with Crippen LogP contribution in [0, 0.1) is 5.82 Å². The van der Waals surface area contributed by atoms with Crippen LogP contribution in [-0.2, 0) is 0 Å². The molecule has 0 spiro atoms. The van der Waals surface area contributed by atoms with Gasteiger partial charge in [-0.2, -0.15) is 0 Å². The number of rotatable bonds is 3. The first kappa shape index (κ1) is 18.0. The number of carbonyl (C=O) groups is 1. The second-order valence-corrected chi connectivity index (χ2v) is 6.62. The Bertz CT molecular complexity index is 1140. The van der Waals surface area contributed by atoms with E-state index in [2.05, 4.69) is 5.32 Å². The van der Waals surface area contributed by atoms with Crippen molar-refractivity contribution in [2.24, 2.45) is 0 Å². The third kappa shape index (κ3) is 3.07. The molecule has 2 aromatic carbocycles. The number of aromatic carboxylic acids is 1. The van der Waals surface area contributed by atoms with Crippen molar-refractivity contribution in [1.82, 2.24) is 9.88 Å². The summed E-state index contributed by atoms with van der Waals surface area (Å²) in [6.45, 7) is 2.67. The number of carboxylic acids is 1. The minimum absolute atomic E-state index is 0.00864. The average Bonchev–Trinajstić information content (AvgIpc) is 2.68. The monoisotopic (exact) mass is 383 g/mol. The van der Waals surface area contributed by atoms with Crippen LogP contribution in [0.2, 0.25) is 0 Å². The summed E-state index contributed by atoms with van der Waals surface area (Å²) < 4.78 is 16.3. The van der Waals surface area contributed by atoms with Gasteiger partial charge in [0, 0.05) is 49.5 Å². The van der Waals surface area contributed by atoms with E-state index >= 15 is 0 Å². The van der Waals surface area contributed by atoms with Crippen molar-refractivity contribution in [3.05, 3.63) is 64.2 Å². The Balaban J connectivity index is 2.03.